The minimum atomic E-state index is -0.480. The first-order valence-corrected chi connectivity index (χ1v) is 4.96. The number of hydrogen-bond acceptors (Lipinski definition) is 4. The Hall–Kier alpha value is -1.33. The third kappa shape index (κ3) is 2.19. The molecule has 5 nitrogen and oxygen atoms in total. The number of nitrogens with zero attached hydrogens (tertiary/aromatic N) is 1. The van der Waals surface area contributed by atoms with Gasteiger partial charge in [0.25, 0.3) is 5.69 Å². The normalized spacial score (nSPS) is 15.8. The second-order valence-corrected chi connectivity index (χ2v) is 3.83. The topological polar surface area (TPSA) is 67.2 Å². The zero-order valence-electron chi connectivity index (χ0n) is 7.87. The van der Waals surface area contributed by atoms with Gasteiger partial charge in [0.15, 0.2) is 0 Å². The van der Waals surface area contributed by atoms with Crippen LogP contribution in [0.25, 0.3) is 0 Å². The number of nitrogens with one attached hydrogen (secondary N) is 2. The van der Waals surface area contributed by atoms with E-state index in [1.54, 1.807) is 6.07 Å². The first-order chi connectivity index (χ1) is 7.16. The van der Waals surface area contributed by atoms with Crippen LogP contribution in [0.3, 0.4) is 0 Å². The predicted octanol–water partition coefficient (Wildman–Crippen LogP) is 1.63. The molecular formula is C9H10ClN3O2. The summed E-state index contributed by atoms with van der Waals surface area (Å²) in [5, 5.41) is 17.1. The Bertz CT molecular complexity index is 393. The molecule has 0 aliphatic carbocycles. The van der Waals surface area contributed by atoms with E-state index in [1.165, 1.54) is 12.1 Å². The predicted molar refractivity (Wildman–Crippen MR) is 58.4 cm³/mol. The largest absolute Gasteiger partial charge is 0.380 e. The first-order valence-electron chi connectivity index (χ1n) is 4.58. The molecule has 0 radical (unpaired) electrons. The van der Waals surface area contributed by atoms with Crippen molar-refractivity contribution >= 4 is 23.0 Å². The van der Waals surface area contributed by atoms with Gasteiger partial charge in [-0.3, -0.25) is 10.1 Å². The molecule has 1 aromatic carbocycles. The highest BCUT2D eigenvalue weighted by Crippen LogP contribution is 2.27. The third-order valence-corrected chi connectivity index (χ3v) is 2.61. The van der Waals surface area contributed by atoms with Crippen LogP contribution in [-0.4, -0.2) is 24.1 Å². The van der Waals surface area contributed by atoms with Gasteiger partial charge in [0.1, 0.15) is 5.02 Å². The Kier molecular flexibility index (Phi) is 2.75. The molecule has 1 heterocycles. The van der Waals surface area contributed by atoms with Crippen LogP contribution >= 0.6 is 11.6 Å². The van der Waals surface area contributed by atoms with E-state index in [-0.39, 0.29) is 10.7 Å². The van der Waals surface area contributed by atoms with Crippen molar-refractivity contribution in [1.82, 2.24) is 5.32 Å². The van der Waals surface area contributed by atoms with Crippen molar-refractivity contribution in [3.63, 3.8) is 0 Å². The van der Waals surface area contributed by atoms with Gasteiger partial charge in [0, 0.05) is 24.8 Å². The molecule has 15 heavy (non-hydrogen) atoms. The minimum Gasteiger partial charge on any atom is -0.380 e. The zero-order valence-corrected chi connectivity index (χ0v) is 8.62. The fraction of sp³-hybridized carbons (Fsp3) is 0.333. The quantitative estimate of drug-likeness (QED) is 0.609. The van der Waals surface area contributed by atoms with E-state index in [1.807, 2.05) is 0 Å². The number of nitro benzene ring substituents is 1. The third-order valence-electron chi connectivity index (χ3n) is 2.30. The fourth-order valence-electron chi connectivity index (χ4n) is 1.37. The number of hydrogen-bond donors (Lipinski definition) is 2. The molecule has 0 spiro atoms. The van der Waals surface area contributed by atoms with E-state index in [0.717, 1.165) is 18.8 Å². The van der Waals surface area contributed by atoms with E-state index in [4.69, 9.17) is 11.6 Å². The van der Waals surface area contributed by atoms with Crippen LogP contribution in [0, 0.1) is 10.1 Å². The number of rotatable bonds is 3. The monoisotopic (exact) mass is 227 g/mol. The molecule has 0 bridgehead atoms. The Labute approximate surface area is 91.6 Å². The number of anilines is 1. The molecule has 1 aliphatic heterocycles. The van der Waals surface area contributed by atoms with Crippen LogP contribution in [0.15, 0.2) is 18.2 Å². The minimum absolute atomic E-state index is 0.0612. The maximum absolute atomic E-state index is 10.6. The maximum atomic E-state index is 10.6. The van der Waals surface area contributed by atoms with Gasteiger partial charge in [0.05, 0.1) is 11.0 Å². The van der Waals surface area contributed by atoms with E-state index in [2.05, 4.69) is 10.6 Å². The van der Waals surface area contributed by atoms with Crippen molar-refractivity contribution < 1.29 is 4.92 Å². The molecule has 2 rings (SSSR count). The standard InChI is InChI=1S/C9H10ClN3O2/c10-8-2-1-6(3-9(8)13(14)15)12-7-4-11-5-7/h1-3,7,11-12H,4-5H2. The van der Waals surface area contributed by atoms with Crippen molar-refractivity contribution in [3.8, 4) is 0 Å². The molecule has 80 valence electrons. The zero-order chi connectivity index (χ0) is 10.8. The summed E-state index contributed by atoms with van der Waals surface area (Å²) in [6.45, 7) is 1.77. The molecule has 0 unspecified atom stereocenters. The van der Waals surface area contributed by atoms with Crippen molar-refractivity contribution in [2.75, 3.05) is 18.4 Å². The summed E-state index contributed by atoms with van der Waals surface area (Å²) in [5.74, 6) is 0. The Morgan fingerprint density at radius 3 is 2.80 bits per heavy atom. The van der Waals surface area contributed by atoms with E-state index in [0.29, 0.717) is 6.04 Å². The van der Waals surface area contributed by atoms with Gasteiger partial charge in [0.2, 0.25) is 0 Å². The Balaban J connectivity index is 2.17. The summed E-state index contributed by atoms with van der Waals surface area (Å²) in [4.78, 5) is 10.1. The van der Waals surface area contributed by atoms with Crippen LogP contribution in [0.4, 0.5) is 11.4 Å². The second kappa shape index (κ2) is 4.04. The van der Waals surface area contributed by atoms with Gasteiger partial charge in [-0.1, -0.05) is 11.6 Å². The highest BCUT2D eigenvalue weighted by atomic mass is 35.5. The van der Waals surface area contributed by atoms with Crippen molar-refractivity contribution in [3.05, 3.63) is 33.3 Å². The maximum Gasteiger partial charge on any atom is 0.289 e. The summed E-state index contributed by atoms with van der Waals surface area (Å²) in [5.41, 5.74) is 0.673. The molecule has 0 saturated carbocycles. The number of benzene rings is 1. The van der Waals surface area contributed by atoms with Crippen molar-refractivity contribution in [1.29, 1.82) is 0 Å². The summed E-state index contributed by atoms with van der Waals surface area (Å²) in [6, 6.07) is 5.09. The Morgan fingerprint density at radius 1 is 1.53 bits per heavy atom. The van der Waals surface area contributed by atoms with Crippen LogP contribution in [-0.2, 0) is 0 Å². The molecule has 1 fully saturated rings. The number of halogens is 1. The molecule has 1 saturated heterocycles. The molecule has 2 N–H and O–H groups in total. The molecule has 6 heteroatoms. The molecule has 1 aliphatic rings. The van der Waals surface area contributed by atoms with Crippen molar-refractivity contribution in [2.45, 2.75) is 6.04 Å². The summed E-state index contributed by atoms with van der Waals surface area (Å²) >= 11 is 5.69. The summed E-state index contributed by atoms with van der Waals surface area (Å²) < 4.78 is 0. The average molecular weight is 228 g/mol. The van der Waals surface area contributed by atoms with Gasteiger partial charge < -0.3 is 10.6 Å². The van der Waals surface area contributed by atoms with Gasteiger partial charge in [-0.05, 0) is 12.1 Å². The van der Waals surface area contributed by atoms with E-state index in [9.17, 15) is 10.1 Å². The highest BCUT2D eigenvalue weighted by molar-refractivity contribution is 6.32. The van der Waals surface area contributed by atoms with Crippen LogP contribution < -0.4 is 10.6 Å². The van der Waals surface area contributed by atoms with Gasteiger partial charge in [-0.25, -0.2) is 0 Å². The Morgan fingerprint density at radius 2 is 2.27 bits per heavy atom. The SMILES string of the molecule is O=[N+]([O-])c1cc(NC2CNC2)ccc1Cl. The summed E-state index contributed by atoms with van der Waals surface area (Å²) in [6.07, 6.45) is 0. The molecule has 0 atom stereocenters. The van der Waals surface area contributed by atoms with Crippen LogP contribution in [0.2, 0.25) is 5.02 Å². The van der Waals surface area contributed by atoms with Gasteiger partial charge in [-0.15, -0.1) is 0 Å². The first kappa shape index (κ1) is 10.2. The number of nitro groups is 1. The fourth-order valence-corrected chi connectivity index (χ4v) is 1.56. The lowest BCUT2D eigenvalue weighted by Gasteiger charge is -2.28. The second-order valence-electron chi connectivity index (χ2n) is 3.42. The smallest absolute Gasteiger partial charge is 0.289 e. The van der Waals surface area contributed by atoms with Gasteiger partial charge in [-0.2, -0.15) is 0 Å². The highest BCUT2D eigenvalue weighted by Gasteiger charge is 2.18. The van der Waals surface area contributed by atoms with E-state index >= 15 is 0 Å². The van der Waals surface area contributed by atoms with Crippen LogP contribution in [0.5, 0.6) is 0 Å². The lowest BCUT2D eigenvalue weighted by molar-refractivity contribution is -0.384. The van der Waals surface area contributed by atoms with Crippen LogP contribution in [0.1, 0.15) is 0 Å². The lowest BCUT2D eigenvalue weighted by Crippen LogP contribution is -2.51. The average Bonchev–Trinajstić information content (AvgIpc) is 2.13. The lowest BCUT2D eigenvalue weighted by atomic mass is 10.1. The van der Waals surface area contributed by atoms with Crippen molar-refractivity contribution in [2.24, 2.45) is 0 Å². The summed E-state index contributed by atoms with van der Waals surface area (Å²) in [7, 11) is 0. The van der Waals surface area contributed by atoms with Gasteiger partial charge >= 0.3 is 0 Å². The van der Waals surface area contributed by atoms with E-state index < -0.39 is 4.92 Å². The molecule has 0 aromatic heterocycles. The molecule has 0 amide bonds. The molecular weight excluding hydrogens is 218 g/mol. The molecule has 1 aromatic rings.